The largest absolute Gasteiger partial charge is 0.387 e. The zero-order valence-electron chi connectivity index (χ0n) is 9.05. The lowest BCUT2D eigenvalue weighted by Crippen LogP contribution is -2.12. The molecule has 0 aliphatic heterocycles. The highest BCUT2D eigenvalue weighted by molar-refractivity contribution is 9.10. The Morgan fingerprint density at radius 2 is 2.00 bits per heavy atom. The Morgan fingerprint density at radius 1 is 1.24 bits per heavy atom. The first-order valence-electron chi connectivity index (χ1n) is 5.19. The molecule has 0 amide bonds. The molecule has 0 bridgehead atoms. The second-order valence-electron chi connectivity index (χ2n) is 3.54. The summed E-state index contributed by atoms with van der Waals surface area (Å²) in [5.74, 6) is 0.737. The Hall–Kier alpha value is -1.46. The van der Waals surface area contributed by atoms with Crippen LogP contribution in [0.2, 0.25) is 0 Å². The second-order valence-corrected chi connectivity index (χ2v) is 4.45. The molecule has 0 aliphatic carbocycles. The molecular formula is C12H12BrN3O. The number of aliphatic hydroxyl groups excluding tert-OH is 1. The minimum atomic E-state index is -0.566. The van der Waals surface area contributed by atoms with E-state index in [1.807, 2.05) is 12.1 Å². The molecule has 2 aromatic heterocycles. The van der Waals surface area contributed by atoms with Gasteiger partial charge in [-0.3, -0.25) is 4.98 Å². The van der Waals surface area contributed by atoms with Crippen LogP contribution < -0.4 is 5.32 Å². The van der Waals surface area contributed by atoms with Crippen molar-refractivity contribution in [1.82, 2.24) is 9.97 Å². The van der Waals surface area contributed by atoms with Crippen LogP contribution in [0, 0.1) is 0 Å². The summed E-state index contributed by atoms with van der Waals surface area (Å²) < 4.78 is 0.928. The molecule has 2 N–H and O–H groups in total. The highest BCUT2D eigenvalue weighted by Crippen LogP contribution is 2.14. The number of aromatic nitrogens is 2. The van der Waals surface area contributed by atoms with Gasteiger partial charge in [-0.2, -0.15) is 0 Å². The summed E-state index contributed by atoms with van der Waals surface area (Å²) in [6, 6.07) is 7.33. The number of aliphatic hydroxyl groups is 1. The van der Waals surface area contributed by atoms with E-state index >= 15 is 0 Å². The van der Waals surface area contributed by atoms with E-state index in [0.717, 1.165) is 15.9 Å². The third kappa shape index (κ3) is 3.51. The van der Waals surface area contributed by atoms with Gasteiger partial charge < -0.3 is 10.4 Å². The molecule has 1 atom stereocenters. The number of hydrogen-bond donors (Lipinski definition) is 2. The van der Waals surface area contributed by atoms with Crippen LogP contribution >= 0.6 is 15.9 Å². The second kappa shape index (κ2) is 5.75. The molecule has 0 saturated carbocycles. The molecule has 0 radical (unpaired) electrons. The fourth-order valence-electron chi connectivity index (χ4n) is 1.39. The van der Waals surface area contributed by atoms with Crippen molar-refractivity contribution in [3.8, 4) is 0 Å². The number of pyridine rings is 2. The van der Waals surface area contributed by atoms with Gasteiger partial charge in [-0.25, -0.2) is 4.98 Å². The summed E-state index contributed by atoms with van der Waals surface area (Å²) in [5, 5.41) is 13.0. The molecule has 5 heteroatoms. The minimum Gasteiger partial charge on any atom is -0.387 e. The third-order valence-electron chi connectivity index (χ3n) is 2.29. The van der Waals surface area contributed by atoms with E-state index in [2.05, 4.69) is 31.2 Å². The molecule has 88 valence electrons. The van der Waals surface area contributed by atoms with Crippen LogP contribution in [0.3, 0.4) is 0 Å². The molecule has 0 spiro atoms. The Bertz CT molecular complexity index is 461. The van der Waals surface area contributed by atoms with Gasteiger partial charge in [0.05, 0.1) is 6.10 Å². The average molecular weight is 294 g/mol. The van der Waals surface area contributed by atoms with Crippen LogP contribution in [-0.2, 0) is 0 Å². The van der Waals surface area contributed by atoms with E-state index in [1.54, 1.807) is 30.7 Å². The standard InChI is InChI=1S/C12H12BrN3O/c13-10-1-2-12(15-7-10)16-8-11(17)9-3-5-14-6-4-9/h1-7,11,17H,8H2,(H,15,16). The molecule has 17 heavy (non-hydrogen) atoms. The summed E-state index contributed by atoms with van der Waals surface area (Å²) in [5.41, 5.74) is 0.838. The van der Waals surface area contributed by atoms with Gasteiger partial charge in [0.2, 0.25) is 0 Å². The van der Waals surface area contributed by atoms with Gasteiger partial charge in [0, 0.05) is 29.6 Å². The van der Waals surface area contributed by atoms with Crippen LogP contribution in [0.1, 0.15) is 11.7 Å². The fourth-order valence-corrected chi connectivity index (χ4v) is 1.62. The first-order chi connectivity index (χ1) is 8.25. The monoisotopic (exact) mass is 293 g/mol. The summed E-state index contributed by atoms with van der Waals surface area (Å²) in [4.78, 5) is 8.07. The molecule has 2 rings (SSSR count). The highest BCUT2D eigenvalue weighted by atomic mass is 79.9. The topological polar surface area (TPSA) is 58.0 Å². The molecule has 0 aliphatic rings. The van der Waals surface area contributed by atoms with Gasteiger partial charge in [0.15, 0.2) is 0 Å². The number of hydrogen-bond acceptors (Lipinski definition) is 4. The van der Waals surface area contributed by atoms with Crippen LogP contribution in [0.15, 0.2) is 47.3 Å². The smallest absolute Gasteiger partial charge is 0.126 e. The van der Waals surface area contributed by atoms with E-state index < -0.39 is 6.10 Å². The van der Waals surface area contributed by atoms with Crippen LogP contribution in [0.5, 0.6) is 0 Å². The van der Waals surface area contributed by atoms with Crippen LogP contribution in [0.4, 0.5) is 5.82 Å². The maximum atomic E-state index is 9.91. The molecule has 1 unspecified atom stereocenters. The lowest BCUT2D eigenvalue weighted by molar-refractivity contribution is 0.191. The summed E-state index contributed by atoms with van der Waals surface area (Å²) in [7, 11) is 0. The van der Waals surface area contributed by atoms with E-state index in [1.165, 1.54) is 0 Å². The SMILES string of the molecule is OC(CNc1ccc(Br)cn1)c1ccncc1. The van der Waals surface area contributed by atoms with Crippen molar-refractivity contribution in [1.29, 1.82) is 0 Å². The zero-order valence-corrected chi connectivity index (χ0v) is 10.6. The van der Waals surface area contributed by atoms with E-state index in [0.29, 0.717) is 6.54 Å². The molecule has 2 aromatic rings. The number of nitrogens with zero attached hydrogens (tertiary/aromatic N) is 2. The Balaban J connectivity index is 1.92. The summed E-state index contributed by atoms with van der Waals surface area (Å²) >= 11 is 3.32. The van der Waals surface area contributed by atoms with Crippen LogP contribution in [-0.4, -0.2) is 21.6 Å². The van der Waals surface area contributed by atoms with Crippen molar-refractivity contribution >= 4 is 21.7 Å². The number of rotatable bonds is 4. The van der Waals surface area contributed by atoms with Gasteiger partial charge in [0.25, 0.3) is 0 Å². The van der Waals surface area contributed by atoms with Crippen molar-refractivity contribution in [3.63, 3.8) is 0 Å². The minimum absolute atomic E-state index is 0.415. The normalized spacial score (nSPS) is 12.1. The zero-order chi connectivity index (χ0) is 12.1. The van der Waals surface area contributed by atoms with Gasteiger partial charge >= 0.3 is 0 Å². The number of nitrogens with one attached hydrogen (secondary N) is 1. The molecule has 0 fully saturated rings. The Morgan fingerprint density at radius 3 is 2.65 bits per heavy atom. The quantitative estimate of drug-likeness (QED) is 0.909. The van der Waals surface area contributed by atoms with Gasteiger partial charge in [0.1, 0.15) is 5.82 Å². The van der Waals surface area contributed by atoms with E-state index in [4.69, 9.17) is 0 Å². The first kappa shape index (κ1) is 12.0. The molecule has 0 aromatic carbocycles. The van der Waals surface area contributed by atoms with Crippen LogP contribution in [0.25, 0.3) is 0 Å². The highest BCUT2D eigenvalue weighted by Gasteiger charge is 2.06. The third-order valence-corrected chi connectivity index (χ3v) is 2.76. The molecule has 2 heterocycles. The maximum Gasteiger partial charge on any atom is 0.126 e. The number of anilines is 1. The summed E-state index contributed by atoms with van der Waals surface area (Å²) in [6.07, 6.45) is 4.47. The fraction of sp³-hybridized carbons (Fsp3) is 0.167. The van der Waals surface area contributed by atoms with E-state index in [9.17, 15) is 5.11 Å². The Kier molecular flexibility index (Phi) is 4.06. The van der Waals surface area contributed by atoms with Crippen molar-refractivity contribution in [2.75, 3.05) is 11.9 Å². The van der Waals surface area contributed by atoms with Crippen molar-refractivity contribution in [2.45, 2.75) is 6.10 Å². The predicted molar refractivity (Wildman–Crippen MR) is 69.6 cm³/mol. The average Bonchev–Trinajstić information content (AvgIpc) is 2.39. The lowest BCUT2D eigenvalue weighted by atomic mass is 10.1. The lowest BCUT2D eigenvalue weighted by Gasteiger charge is -2.12. The van der Waals surface area contributed by atoms with Gasteiger partial charge in [-0.1, -0.05) is 0 Å². The predicted octanol–water partition coefficient (Wildman–Crippen LogP) is 2.38. The molecule has 4 nitrogen and oxygen atoms in total. The molecule has 0 saturated heterocycles. The molecular weight excluding hydrogens is 282 g/mol. The first-order valence-corrected chi connectivity index (χ1v) is 5.98. The maximum absolute atomic E-state index is 9.91. The summed E-state index contributed by atoms with van der Waals surface area (Å²) in [6.45, 7) is 0.415. The van der Waals surface area contributed by atoms with Crippen molar-refractivity contribution < 1.29 is 5.11 Å². The van der Waals surface area contributed by atoms with Gasteiger partial charge in [-0.05, 0) is 45.8 Å². The van der Waals surface area contributed by atoms with Crippen molar-refractivity contribution in [3.05, 3.63) is 52.9 Å². The van der Waals surface area contributed by atoms with Gasteiger partial charge in [-0.15, -0.1) is 0 Å². The van der Waals surface area contributed by atoms with Crippen molar-refractivity contribution in [2.24, 2.45) is 0 Å². The van der Waals surface area contributed by atoms with E-state index in [-0.39, 0.29) is 0 Å². The number of halogens is 1. The Labute approximate surface area is 108 Å².